The van der Waals surface area contributed by atoms with E-state index in [1.807, 2.05) is 54.6 Å². The van der Waals surface area contributed by atoms with Gasteiger partial charge in [-0.05, 0) is 29.5 Å². The number of fused-ring (bicyclic) bond motifs is 1. The molecule has 0 spiro atoms. The SMILES string of the molecule is C=CC[C@]1(C(=O)OC)Cc2ccccc2[C@@]1(O)c1ccccc1. The van der Waals surface area contributed by atoms with E-state index in [0.717, 1.165) is 11.1 Å². The summed E-state index contributed by atoms with van der Waals surface area (Å²) in [6.45, 7) is 3.79. The molecule has 2 aromatic rings. The molecular formula is C20H20O3. The van der Waals surface area contributed by atoms with E-state index in [4.69, 9.17) is 4.74 Å². The zero-order chi connectivity index (χ0) is 16.5. The van der Waals surface area contributed by atoms with E-state index in [0.29, 0.717) is 18.4 Å². The minimum Gasteiger partial charge on any atom is -0.468 e. The number of benzene rings is 2. The van der Waals surface area contributed by atoms with E-state index in [1.54, 1.807) is 6.08 Å². The van der Waals surface area contributed by atoms with E-state index in [1.165, 1.54) is 7.11 Å². The molecule has 0 unspecified atom stereocenters. The molecule has 0 heterocycles. The first-order valence-electron chi connectivity index (χ1n) is 7.66. The number of ether oxygens (including phenoxy) is 1. The molecule has 118 valence electrons. The van der Waals surface area contributed by atoms with Gasteiger partial charge in [-0.2, -0.15) is 0 Å². The summed E-state index contributed by atoms with van der Waals surface area (Å²) in [6.07, 6.45) is 2.43. The molecule has 0 bridgehead atoms. The Bertz CT molecular complexity index is 738. The first-order chi connectivity index (χ1) is 11.1. The fourth-order valence-electron chi connectivity index (χ4n) is 3.81. The third-order valence-corrected chi connectivity index (χ3v) is 4.85. The molecule has 3 heteroatoms. The summed E-state index contributed by atoms with van der Waals surface area (Å²) in [4.78, 5) is 12.8. The number of rotatable bonds is 4. The zero-order valence-electron chi connectivity index (χ0n) is 13.2. The van der Waals surface area contributed by atoms with Gasteiger partial charge in [-0.15, -0.1) is 6.58 Å². The van der Waals surface area contributed by atoms with Crippen molar-refractivity contribution >= 4 is 5.97 Å². The highest BCUT2D eigenvalue weighted by atomic mass is 16.5. The fourth-order valence-corrected chi connectivity index (χ4v) is 3.81. The van der Waals surface area contributed by atoms with Crippen LogP contribution in [0.4, 0.5) is 0 Å². The number of aliphatic hydroxyl groups is 1. The molecule has 0 saturated heterocycles. The van der Waals surface area contributed by atoms with Crippen LogP contribution in [0.3, 0.4) is 0 Å². The Morgan fingerprint density at radius 2 is 1.87 bits per heavy atom. The van der Waals surface area contributed by atoms with Crippen LogP contribution in [-0.2, 0) is 21.6 Å². The van der Waals surface area contributed by atoms with Crippen LogP contribution in [0, 0.1) is 5.41 Å². The lowest BCUT2D eigenvalue weighted by atomic mass is 9.66. The molecular weight excluding hydrogens is 288 g/mol. The second-order valence-corrected chi connectivity index (χ2v) is 5.98. The highest BCUT2D eigenvalue weighted by molar-refractivity contribution is 5.82. The predicted molar refractivity (Wildman–Crippen MR) is 88.8 cm³/mol. The Morgan fingerprint density at radius 3 is 2.52 bits per heavy atom. The number of hydrogen-bond donors (Lipinski definition) is 1. The van der Waals surface area contributed by atoms with Gasteiger partial charge in [0.25, 0.3) is 0 Å². The van der Waals surface area contributed by atoms with Gasteiger partial charge in [0.2, 0.25) is 0 Å². The van der Waals surface area contributed by atoms with Crippen molar-refractivity contribution in [3.05, 3.63) is 83.9 Å². The number of carbonyl (C=O) groups excluding carboxylic acids is 1. The maximum absolute atomic E-state index is 12.8. The van der Waals surface area contributed by atoms with Gasteiger partial charge in [-0.1, -0.05) is 60.7 Å². The maximum Gasteiger partial charge on any atom is 0.316 e. The Balaban J connectivity index is 2.32. The number of allylic oxidation sites excluding steroid dienone is 1. The Labute approximate surface area is 136 Å². The fraction of sp³-hybridized carbons (Fsp3) is 0.250. The molecule has 1 N–H and O–H groups in total. The highest BCUT2D eigenvalue weighted by Gasteiger charge is 2.62. The van der Waals surface area contributed by atoms with E-state index in [2.05, 4.69) is 6.58 Å². The van der Waals surface area contributed by atoms with Gasteiger partial charge < -0.3 is 9.84 Å². The van der Waals surface area contributed by atoms with E-state index in [9.17, 15) is 9.90 Å². The standard InChI is InChI=1S/C20H20O3/c1-3-13-19(18(21)23-2)14-15-9-7-8-12-17(15)20(19,22)16-10-5-4-6-11-16/h3-12,22H,1,13-14H2,2H3/t19-,20+/m1/s1. The summed E-state index contributed by atoms with van der Waals surface area (Å²) in [7, 11) is 1.36. The van der Waals surface area contributed by atoms with Crippen LogP contribution in [0.5, 0.6) is 0 Å². The van der Waals surface area contributed by atoms with Crippen LogP contribution in [0.25, 0.3) is 0 Å². The second-order valence-electron chi connectivity index (χ2n) is 5.98. The van der Waals surface area contributed by atoms with E-state index >= 15 is 0 Å². The number of carbonyl (C=O) groups is 1. The van der Waals surface area contributed by atoms with Crippen molar-refractivity contribution in [1.29, 1.82) is 0 Å². The van der Waals surface area contributed by atoms with Crippen molar-refractivity contribution in [3.8, 4) is 0 Å². The summed E-state index contributed by atoms with van der Waals surface area (Å²) >= 11 is 0. The van der Waals surface area contributed by atoms with Crippen molar-refractivity contribution in [2.45, 2.75) is 18.4 Å². The van der Waals surface area contributed by atoms with Crippen LogP contribution in [-0.4, -0.2) is 18.2 Å². The molecule has 0 radical (unpaired) electrons. The molecule has 1 aliphatic rings. The molecule has 0 saturated carbocycles. The smallest absolute Gasteiger partial charge is 0.316 e. The van der Waals surface area contributed by atoms with Gasteiger partial charge in [-0.25, -0.2) is 0 Å². The van der Waals surface area contributed by atoms with E-state index in [-0.39, 0.29) is 0 Å². The summed E-state index contributed by atoms with van der Waals surface area (Å²) < 4.78 is 5.09. The summed E-state index contributed by atoms with van der Waals surface area (Å²) in [6, 6.07) is 17.0. The Kier molecular flexibility index (Phi) is 3.82. The van der Waals surface area contributed by atoms with Crippen LogP contribution in [0.15, 0.2) is 67.3 Å². The molecule has 2 atom stereocenters. The molecule has 1 aliphatic carbocycles. The first kappa shape index (κ1) is 15.5. The zero-order valence-corrected chi connectivity index (χ0v) is 13.2. The minimum atomic E-state index is -1.44. The lowest BCUT2D eigenvalue weighted by molar-refractivity contribution is -0.167. The van der Waals surface area contributed by atoms with Gasteiger partial charge in [0.1, 0.15) is 11.0 Å². The quantitative estimate of drug-likeness (QED) is 0.697. The Hall–Kier alpha value is -2.39. The van der Waals surface area contributed by atoms with Crippen molar-refractivity contribution in [2.24, 2.45) is 5.41 Å². The van der Waals surface area contributed by atoms with Crippen molar-refractivity contribution < 1.29 is 14.6 Å². The number of methoxy groups -OCH3 is 1. The number of hydrogen-bond acceptors (Lipinski definition) is 3. The lowest BCUT2D eigenvalue weighted by Crippen LogP contribution is -2.49. The van der Waals surface area contributed by atoms with Gasteiger partial charge >= 0.3 is 5.97 Å². The normalized spacial score (nSPS) is 25.7. The summed E-state index contributed by atoms with van der Waals surface area (Å²) in [5.74, 6) is -0.417. The molecule has 0 fully saturated rings. The van der Waals surface area contributed by atoms with Gasteiger partial charge in [0.15, 0.2) is 0 Å². The first-order valence-corrected chi connectivity index (χ1v) is 7.66. The monoisotopic (exact) mass is 308 g/mol. The lowest BCUT2D eigenvalue weighted by Gasteiger charge is -2.40. The topological polar surface area (TPSA) is 46.5 Å². The largest absolute Gasteiger partial charge is 0.468 e. The highest BCUT2D eigenvalue weighted by Crippen LogP contribution is 2.56. The van der Waals surface area contributed by atoms with Crippen molar-refractivity contribution in [1.82, 2.24) is 0 Å². The average Bonchev–Trinajstić information content (AvgIpc) is 2.86. The van der Waals surface area contributed by atoms with Crippen molar-refractivity contribution in [2.75, 3.05) is 7.11 Å². The van der Waals surface area contributed by atoms with Crippen LogP contribution in [0.1, 0.15) is 23.1 Å². The average molecular weight is 308 g/mol. The summed E-state index contributed by atoms with van der Waals surface area (Å²) in [5.41, 5.74) is -0.123. The number of esters is 1. The van der Waals surface area contributed by atoms with E-state index < -0.39 is 17.0 Å². The maximum atomic E-state index is 12.8. The molecule has 0 amide bonds. The molecule has 23 heavy (non-hydrogen) atoms. The molecule has 2 aromatic carbocycles. The van der Waals surface area contributed by atoms with Crippen LogP contribution >= 0.6 is 0 Å². The molecule has 3 nitrogen and oxygen atoms in total. The second kappa shape index (κ2) is 5.67. The van der Waals surface area contributed by atoms with Crippen LogP contribution < -0.4 is 0 Å². The van der Waals surface area contributed by atoms with Gasteiger partial charge in [-0.3, -0.25) is 4.79 Å². The Morgan fingerprint density at radius 1 is 1.22 bits per heavy atom. The molecule has 0 aliphatic heterocycles. The molecule has 0 aromatic heterocycles. The van der Waals surface area contributed by atoms with Crippen LogP contribution in [0.2, 0.25) is 0 Å². The van der Waals surface area contributed by atoms with Gasteiger partial charge in [0.05, 0.1) is 7.11 Å². The summed E-state index contributed by atoms with van der Waals surface area (Å²) in [5, 5.41) is 11.8. The third kappa shape index (κ3) is 2.04. The minimum absolute atomic E-state index is 0.333. The van der Waals surface area contributed by atoms with Crippen molar-refractivity contribution in [3.63, 3.8) is 0 Å². The predicted octanol–water partition coefficient (Wildman–Crippen LogP) is 3.21. The third-order valence-electron chi connectivity index (χ3n) is 4.85. The molecule has 3 rings (SSSR count). The van der Waals surface area contributed by atoms with Gasteiger partial charge in [0, 0.05) is 0 Å².